The summed E-state index contributed by atoms with van der Waals surface area (Å²) < 4.78 is 2.17. The molecule has 2 heterocycles. The van der Waals surface area contributed by atoms with Crippen molar-refractivity contribution in [3.05, 3.63) is 50.3 Å². The number of nitrogens with one attached hydrogen (secondary N) is 1. The first-order valence-corrected chi connectivity index (χ1v) is 6.08. The zero-order valence-corrected chi connectivity index (χ0v) is 10.8. The van der Waals surface area contributed by atoms with E-state index in [0.29, 0.717) is 22.7 Å². The van der Waals surface area contributed by atoms with Gasteiger partial charge in [0.2, 0.25) is 5.95 Å². The Balaban J connectivity index is 2.22. The van der Waals surface area contributed by atoms with Crippen LogP contribution < -0.4 is 10.9 Å². The Morgan fingerprint density at radius 2 is 2.18 bits per heavy atom. The Morgan fingerprint density at radius 3 is 3.00 bits per heavy atom. The molecule has 5 heteroatoms. The molecule has 1 N–H and O–H groups in total. The summed E-state index contributed by atoms with van der Waals surface area (Å²) in [6, 6.07) is 7.92. The van der Waals surface area contributed by atoms with Gasteiger partial charge < -0.3 is 5.32 Å². The predicted molar refractivity (Wildman–Crippen MR) is 69.8 cm³/mol. The number of aryl methyl sites for hydroxylation is 1. The highest BCUT2D eigenvalue weighted by molar-refractivity contribution is 9.10. The predicted octanol–water partition coefficient (Wildman–Crippen LogP) is 2.42. The van der Waals surface area contributed by atoms with E-state index < -0.39 is 0 Å². The van der Waals surface area contributed by atoms with Gasteiger partial charge in [0.15, 0.2) is 0 Å². The number of hydrogen-bond acceptors (Lipinski definition) is 3. The molecule has 4 nitrogen and oxygen atoms in total. The SMILES string of the molecule is Cc1nc2n(c(=O)c1Br)Cc1ccccc1N2. The number of benzene rings is 1. The molecule has 1 aromatic heterocycles. The highest BCUT2D eigenvalue weighted by Crippen LogP contribution is 2.26. The molecule has 0 radical (unpaired) electrons. The average molecular weight is 292 g/mol. The molecule has 0 aliphatic carbocycles. The molecule has 0 saturated carbocycles. The third-order valence-corrected chi connectivity index (χ3v) is 3.79. The largest absolute Gasteiger partial charge is 0.325 e. The van der Waals surface area contributed by atoms with Crippen LogP contribution in [0, 0.1) is 6.92 Å². The van der Waals surface area contributed by atoms with Gasteiger partial charge >= 0.3 is 0 Å². The molecule has 0 fully saturated rings. The van der Waals surface area contributed by atoms with Crippen LogP contribution in [-0.2, 0) is 6.54 Å². The van der Waals surface area contributed by atoms with E-state index in [9.17, 15) is 4.79 Å². The number of hydrogen-bond donors (Lipinski definition) is 1. The number of anilines is 2. The molecule has 0 unspecified atom stereocenters. The van der Waals surface area contributed by atoms with Crippen molar-refractivity contribution in [1.82, 2.24) is 9.55 Å². The third kappa shape index (κ3) is 1.58. The minimum absolute atomic E-state index is 0.0468. The number of para-hydroxylation sites is 1. The van der Waals surface area contributed by atoms with E-state index in [4.69, 9.17) is 0 Å². The van der Waals surface area contributed by atoms with Crippen LogP contribution in [0.3, 0.4) is 0 Å². The number of nitrogens with zero attached hydrogens (tertiary/aromatic N) is 2. The second-order valence-electron chi connectivity index (χ2n) is 4.01. The van der Waals surface area contributed by atoms with Gasteiger partial charge in [0, 0.05) is 5.69 Å². The molecule has 3 rings (SSSR count). The summed E-state index contributed by atoms with van der Waals surface area (Å²) in [6.45, 7) is 2.37. The molecule has 0 amide bonds. The fraction of sp³-hybridized carbons (Fsp3) is 0.167. The third-order valence-electron chi connectivity index (χ3n) is 2.87. The molecule has 17 heavy (non-hydrogen) atoms. The van der Waals surface area contributed by atoms with Crippen molar-refractivity contribution < 1.29 is 0 Å². The van der Waals surface area contributed by atoms with Gasteiger partial charge in [0.1, 0.15) is 4.47 Å². The maximum Gasteiger partial charge on any atom is 0.269 e. The van der Waals surface area contributed by atoms with E-state index in [2.05, 4.69) is 26.2 Å². The van der Waals surface area contributed by atoms with Gasteiger partial charge in [0.25, 0.3) is 5.56 Å². The van der Waals surface area contributed by atoms with Crippen LogP contribution in [0.2, 0.25) is 0 Å². The van der Waals surface area contributed by atoms with E-state index >= 15 is 0 Å². The molecule has 2 aromatic rings. The number of halogens is 1. The Morgan fingerprint density at radius 1 is 1.41 bits per heavy atom. The van der Waals surface area contributed by atoms with Gasteiger partial charge in [-0.25, -0.2) is 4.98 Å². The lowest BCUT2D eigenvalue weighted by atomic mass is 10.1. The van der Waals surface area contributed by atoms with Crippen LogP contribution >= 0.6 is 15.9 Å². The minimum atomic E-state index is -0.0468. The van der Waals surface area contributed by atoms with E-state index in [-0.39, 0.29) is 5.56 Å². The molecule has 0 atom stereocenters. The quantitative estimate of drug-likeness (QED) is 0.692. The van der Waals surface area contributed by atoms with Gasteiger partial charge in [-0.05, 0) is 34.5 Å². The summed E-state index contributed by atoms with van der Waals surface area (Å²) in [5.74, 6) is 0.606. The standard InChI is InChI=1S/C12H10BrN3O/c1-7-10(13)11(17)16-6-8-4-2-3-5-9(8)15-12(16)14-7/h2-5H,6H2,1H3,(H,14,15). The van der Waals surface area contributed by atoms with E-state index in [1.807, 2.05) is 31.2 Å². The minimum Gasteiger partial charge on any atom is -0.325 e. The molecule has 1 aromatic carbocycles. The first-order valence-electron chi connectivity index (χ1n) is 5.28. The molecular weight excluding hydrogens is 282 g/mol. The highest BCUT2D eigenvalue weighted by Gasteiger charge is 2.18. The summed E-state index contributed by atoms with van der Waals surface area (Å²) in [7, 11) is 0. The summed E-state index contributed by atoms with van der Waals surface area (Å²) >= 11 is 3.27. The number of rotatable bonds is 0. The van der Waals surface area contributed by atoms with Crippen molar-refractivity contribution >= 4 is 27.6 Å². The number of aromatic nitrogens is 2. The van der Waals surface area contributed by atoms with Gasteiger partial charge in [-0.3, -0.25) is 9.36 Å². The summed E-state index contributed by atoms with van der Waals surface area (Å²) in [5, 5.41) is 3.18. The van der Waals surface area contributed by atoms with Crippen molar-refractivity contribution in [2.75, 3.05) is 5.32 Å². The maximum absolute atomic E-state index is 12.1. The fourth-order valence-corrected chi connectivity index (χ4v) is 2.25. The van der Waals surface area contributed by atoms with E-state index in [1.165, 1.54) is 0 Å². The molecule has 0 saturated heterocycles. The normalized spacial score (nSPS) is 12.6. The Kier molecular flexibility index (Phi) is 2.29. The van der Waals surface area contributed by atoms with Crippen LogP contribution in [0.15, 0.2) is 33.5 Å². The first kappa shape index (κ1) is 10.5. The van der Waals surface area contributed by atoms with Crippen LogP contribution in [0.5, 0.6) is 0 Å². The summed E-state index contributed by atoms with van der Waals surface area (Å²) in [4.78, 5) is 16.5. The molecule has 1 aliphatic rings. The Bertz CT molecular complexity index is 663. The van der Waals surface area contributed by atoms with Crippen molar-refractivity contribution in [2.45, 2.75) is 13.5 Å². The van der Waals surface area contributed by atoms with Crippen molar-refractivity contribution in [2.24, 2.45) is 0 Å². The molecule has 1 aliphatic heterocycles. The second-order valence-corrected chi connectivity index (χ2v) is 4.80. The zero-order valence-electron chi connectivity index (χ0n) is 9.20. The second kappa shape index (κ2) is 3.70. The monoisotopic (exact) mass is 291 g/mol. The lowest BCUT2D eigenvalue weighted by molar-refractivity contribution is 0.723. The van der Waals surface area contributed by atoms with Gasteiger partial charge in [-0.1, -0.05) is 18.2 Å². The smallest absolute Gasteiger partial charge is 0.269 e. The Hall–Kier alpha value is -1.62. The maximum atomic E-state index is 12.1. The highest BCUT2D eigenvalue weighted by atomic mass is 79.9. The van der Waals surface area contributed by atoms with E-state index in [1.54, 1.807) is 4.57 Å². The lowest BCUT2D eigenvalue weighted by Gasteiger charge is -2.22. The van der Waals surface area contributed by atoms with Crippen molar-refractivity contribution in [3.8, 4) is 0 Å². The zero-order chi connectivity index (χ0) is 12.0. The summed E-state index contributed by atoms with van der Waals surface area (Å²) in [6.07, 6.45) is 0. The molecular formula is C12H10BrN3O. The van der Waals surface area contributed by atoms with Gasteiger partial charge in [0.05, 0.1) is 12.2 Å². The molecule has 0 spiro atoms. The van der Waals surface area contributed by atoms with Crippen molar-refractivity contribution in [1.29, 1.82) is 0 Å². The lowest BCUT2D eigenvalue weighted by Crippen LogP contribution is -2.29. The van der Waals surface area contributed by atoms with E-state index in [0.717, 1.165) is 11.3 Å². The first-order chi connectivity index (χ1) is 8.16. The number of fused-ring (bicyclic) bond motifs is 2. The fourth-order valence-electron chi connectivity index (χ4n) is 1.95. The van der Waals surface area contributed by atoms with Crippen LogP contribution in [0.1, 0.15) is 11.3 Å². The van der Waals surface area contributed by atoms with Crippen LogP contribution in [0.25, 0.3) is 0 Å². The molecule has 0 bridgehead atoms. The Labute approximate surface area is 106 Å². The average Bonchev–Trinajstić information content (AvgIpc) is 2.34. The van der Waals surface area contributed by atoms with Gasteiger partial charge in [-0.2, -0.15) is 0 Å². The van der Waals surface area contributed by atoms with Crippen molar-refractivity contribution in [3.63, 3.8) is 0 Å². The summed E-state index contributed by atoms with van der Waals surface area (Å²) in [5.41, 5.74) is 2.77. The van der Waals surface area contributed by atoms with Gasteiger partial charge in [-0.15, -0.1) is 0 Å². The topological polar surface area (TPSA) is 46.9 Å². The molecule has 86 valence electrons. The van der Waals surface area contributed by atoms with Crippen LogP contribution in [-0.4, -0.2) is 9.55 Å². The van der Waals surface area contributed by atoms with Crippen LogP contribution in [0.4, 0.5) is 11.6 Å².